The predicted octanol–water partition coefficient (Wildman–Crippen LogP) is 0.0621. The molecule has 0 bridgehead atoms. The Hall–Kier alpha value is -1.52. The number of ether oxygens (including phenoxy) is 2. The van der Waals surface area contributed by atoms with Gasteiger partial charge in [0.15, 0.2) is 0 Å². The highest BCUT2D eigenvalue weighted by Gasteiger charge is 2.01. The van der Waals surface area contributed by atoms with Crippen LogP contribution in [0, 0.1) is 0 Å². The Kier molecular flexibility index (Phi) is 5.39. The van der Waals surface area contributed by atoms with Gasteiger partial charge in [0.25, 0.3) is 0 Å². The maximum atomic E-state index is 11.0. The van der Waals surface area contributed by atoms with Crippen molar-refractivity contribution in [3.05, 3.63) is 18.5 Å². The maximum absolute atomic E-state index is 11.0. The number of aromatic nitrogens is 1. The van der Waals surface area contributed by atoms with Gasteiger partial charge < -0.3 is 9.47 Å². The fourth-order valence-electron chi connectivity index (χ4n) is 1.25. The lowest BCUT2D eigenvalue weighted by Crippen LogP contribution is -2.08. The summed E-state index contributed by atoms with van der Waals surface area (Å²) in [7, 11) is 1.96. The highest BCUT2D eigenvalue weighted by atomic mass is 16.5. The summed E-state index contributed by atoms with van der Waals surface area (Å²) in [5, 5.41) is 0. The molecule has 0 saturated heterocycles. The van der Waals surface area contributed by atoms with E-state index in [9.17, 15) is 4.79 Å². The summed E-state index contributed by atoms with van der Waals surface area (Å²) in [5.41, 5.74) is 1.06. The second-order valence-electron chi connectivity index (χ2n) is 3.46. The second-order valence-corrected chi connectivity index (χ2v) is 3.46. The molecule has 0 N–H and O–H groups in total. The van der Waals surface area contributed by atoms with Crippen LogP contribution >= 0.6 is 0 Å². The van der Waals surface area contributed by atoms with Crippen LogP contribution in [-0.4, -0.2) is 32.0 Å². The van der Waals surface area contributed by atoms with Gasteiger partial charge in [-0.1, -0.05) is 5.46 Å². The maximum Gasteiger partial charge on any atom is 0.305 e. The standard InChI is InChI=1S/C11H16BNO3/c1-2-15-11(14)4-3-5-16-10-6-9(12)7-13-8-10/h6-8H,2-5,12H2,1H3. The first kappa shape index (κ1) is 12.6. The SMILES string of the molecule is Bc1cncc(OCCCC(=O)OCC)c1. The summed E-state index contributed by atoms with van der Waals surface area (Å²) in [6, 6.07) is 1.91. The fourth-order valence-corrected chi connectivity index (χ4v) is 1.25. The van der Waals surface area contributed by atoms with Gasteiger partial charge in [-0.05, 0) is 19.4 Å². The fraction of sp³-hybridized carbons (Fsp3) is 0.455. The van der Waals surface area contributed by atoms with Gasteiger partial charge >= 0.3 is 5.97 Å². The molecular formula is C11H16BNO3. The number of nitrogens with zero attached hydrogens (tertiary/aromatic N) is 1. The molecular weight excluding hydrogens is 205 g/mol. The monoisotopic (exact) mass is 221 g/mol. The first-order chi connectivity index (χ1) is 7.72. The van der Waals surface area contributed by atoms with E-state index in [1.807, 2.05) is 13.9 Å². The van der Waals surface area contributed by atoms with Gasteiger partial charge in [0.05, 0.1) is 19.4 Å². The molecule has 1 rings (SSSR count). The summed E-state index contributed by atoms with van der Waals surface area (Å²) in [5.74, 6) is 0.567. The molecule has 0 aromatic carbocycles. The van der Waals surface area contributed by atoms with Crippen molar-refractivity contribution in [2.75, 3.05) is 13.2 Å². The molecule has 0 amide bonds. The van der Waals surface area contributed by atoms with E-state index in [0.717, 1.165) is 11.2 Å². The van der Waals surface area contributed by atoms with Crippen molar-refractivity contribution >= 4 is 19.3 Å². The van der Waals surface area contributed by atoms with Crippen molar-refractivity contribution in [1.82, 2.24) is 4.98 Å². The van der Waals surface area contributed by atoms with E-state index in [1.54, 1.807) is 19.3 Å². The van der Waals surface area contributed by atoms with Gasteiger partial charge in [-0.3, -0.25) is 9.78 Å². The minimum atomic E-state index is -0.173. The van der Waals surface area contributed by atoms with Crippen molar-refractivity contribution in [1.29, 1.82) is 0 Å². The van der Waals surface area contributed by atoms with Crippen LogP contribution < -0.4 is 10.2 Å². The lowest BCUT2D eigenvalue weighted by molar-refractivity contribution is -0.143. The van der Waals surface area contributed by atoms with Crippen LogP contribution in [0.2, 0.25) is 0 Å². The average Bonchev–Trinajstić information content (AvgIpc) is 2.25. The van der Waals surface area contributed by atoms with Crippen LogP contribution in [0.3, 0.4) is 0 Å². The van der Waals surface area contributed by atoms with Gasteiger partial charge in [0.2, 0.25) is 0 Å². The molecule has 16 heavy (non-hydrogen) atoms. The number of rotatable bonds is 6. The molecule has 0 aliphatic rings. The molecule has 0 radical (unpaired) electrons. The van der Waals surface area contributed by atoms with Gasteiger partial charge in [0, 0.05) is 12.6 Å². The first-order valence-electron chi connectivity index (χ1n) is 5.42. The topological polar surface area (TPSA) is 48.4 Å². The van der Waals surface area contributed by atoms with Crippen molar-refractivity contribution < 1.29 is 14.3 Å². The van der Waals surface area contributed by atoms with Crippen molar-refractivity contribution in [3.63, 3.8) is 0 Å². The van der Waals surface area contributed by atoms with E-state index < -0.39 is 0 Å². The quantitative estimate of drug-likeness (QED) is 0.387. The molecule has 86 valence electrons. The van der Waals surface area contributed by atoms with Gasteiger partial charge in [-0.25, -0.2) is 0 Å². The third-order valence-corrected chi connectivity index (χ3v) is 1.95. The Labute approximate surface area is 96.4 Å². The molecule has 1 aromatic rings. The van der Waals surface area contributed by atoms with Crippen LogP contribution in [0.4, 0.5) is 0 Å². The molecule has 0 spiro atoms. The summed E-state index contributed by atoms with van der Waals surface area (Å²) in [6.45, 7) is 2.73. The molecule has 4 nitrogen and oxygen atoms in total. The molecule has 0 unspecified atom stereocenters. The Balaban J connectivity index is 2.18. The van der Waals surface area contributed by atoms with E-state index >= 15 is 0 Å². The van der Waals surface area contributed by atoms with Crippen LogP contribution in [0.5, 0.6) is 5.75 Å². The number of pyridine rings is 1. The third-order valence-electron chi connectivity index (χ3n) is 1.95. The smallest absolute Gasteiger partial charge is 0.305 e. The third kappa shape index (κ3) is 4.82. The minimum absolute atomic E-state index is 0.173. The zero-order chi connectivity index (χ0) is 11.8. The summed E-state index contributed by atoms with van der Waals surface area (Å²) in [6.07, 6.45) is 4.49. The number of hydrogen-bond acceptors (Lipinski definition) is 4. The number of carbonyl (C=O) groups is 1. The molecule has 1 aromatic heterocycles. The van der Waals surface area contributed by atoms with Gasteiger partial charge in [0.1, 0.15) is 13.6 Å². The first-order valence-corrected chi connectivity index (χ1v) is 5.42. The summed E-state index contributed by atoms with van der Waals surface area (Å²) >= 11 is 0. The van der Waals surface area contributed by atoms with E-state index in [2.05, 4.69) is 4.98 Å². The highest BCUT2D eigenvalue weighted by molar-refractivity contribution is 6.32. The molecule has 0 aliphatic carbocycles. The lowest BCUT2D eigenvalue weighted by Gasteiger charge is -2.06. The van der Waals surface area contributed by atoms with E-state index in [0.29, 0.717) is 26.1 Å². The minimum Gasteiger partial charge on any atom is -0.492 e. The molecule has 0 aliphatic heterocycles. The normalized spacial score (nSPS) is 9.81. The largest absolute Gasteiger partial charge is 0.492 e. The number of hydrogen-bond donors (Lipinski definition) is 0. The van der Waals surface area contributed by atoms with Crippen LogP contribution in [-0.2, 0) is 9.53 Å². The van der Waals surface area contributed by atoms with Gasteiger partial charge in [-0.2, -0.15) is 0 Å². The average molecular weight is 221 g/mol. The zero-order valence-corrected chi connectivity index (χ0v) is 9.73. The van der Waals surface area contributed by atoms with E-state index in [1.165, 1.54) is 0 Å². The van der Waals surface area contributed by atoms with Crippen molar-refractivity contribution in [3.8, 4) is 5.75 Å². The van der Waals surface area contributed by atoms with Gasteiger partial charge in [-0.15, -0.1) is 0 Å². The second kappa shape index (κ2) is 6.88. The van der Waals surface area contributed by atoms with E-state index in [4.69, 9.17) is 9.47 Å². The zero-order valence-electron chi connectivity index (χ0n) is 9.73. The van der Waals surface area contributed by atoms with E-state index in [-0.39, 0.29) is 5.97 Å². The Bertz CT molecular complexity index is 344. The molecule has 1 heterocycles. The van der Waals surface area contributed by atoms with Crippen molar-refractivity contribution in [2.24, 2.45) is 0 Å². The molecule has 0 fully saturated rings. The molecule has 0 saturated carbocycles. The van der Waals surface area contributed by atoms with Crippen LogP contribution in [0.25, 0.3) is 0 Å². The lowest BCUT2D eigenvalue weighted by atomic mass is 9.99. The Morgan fingerprint density at radius 2 is 2.31 bits per heavy atom. The highest BCUT2D eigenvalue weighted by Crippen LogP contribution is 2.05. The van der Waals surface area contributed by atoms with Crippen LogP contribution in [0.15, 0.2) is 18.5 Å². The predicted molar refractivity (Wildman–Crippen MR) is 63.8 cm³/mol. The Morgan fingerprint density at radius 3 is 3.00 bits per heavy atom. The van der Waals surface area contributed by atoms with Crippen LogP contribution in [0.1, 0.15) is 19.8 Å². The van der Waals surface area contributed by atoms with Crippen molar-refractivity contribution in [2.45, 2.75) is 19.8 Å². The number of esters is 1. The summed E-state index contributed by atoms with van der Waals surface area (Å²) < 4.78 is 10.3. The molecule has 0 atom stereocenters. The summed E-state index contributed by atoms with van der Waals surface area (Å²) in [4.78, 5) is 15.0. The molecule has 5 heteroatoms. The Morgan fingerprint density at radius 1 is 1.50 bits per heavy atom. The number of carbonyl (C=O) groups excluding carboxylic acids is 1.